The summed E-state index contributed by atoms with van der Waals surface area (Å²) in [6.07, 6.45) is 4.33. The molecule has 0 N–H and O–H groups in total. The molecule has 2 rings (SSSR count). The highest BCUT2D eigenvalue weighted by atomic mass is 15.1. The van der Waals surface area contributed by atoms with Crippen LogP contribution in [0.15, 0.2) is 30.3 Å². The minimum atomic E-state index is 0.435. The molecule has 18 heavy (non-hydrogen) atoms. The van der Waals surface area contributed by atoms with Crippen LogP contribution < -0.4 is 0 Å². The highest BCUT2D eigenvalue weighted by Gasteiger charge is 2.29. The van der Waals surface area contributed by atoms with Gasteiger partial charge in [0.05, 0.1) is 6.07 Å². The van der Waals surface area contributed by atoms with Gasteiger partial charge in [-0.1, -0.05) is 37.3 Å². The highest BCUT2D eigenvalue weighted by Crippen LogP contribution is 2.34. The number of likely N-dealkylation sites (tertiary alicyclic amines) is 1. The molecule has 0 unspecified atom stereocenters. The standard InChI is InChI=1S/C16H22N2/c1-16(14-15-6-3-2-4-7-15)8-12-18(13-9-16)11-5-10-17/h2-4,6-7H,5,8-9,11-14H2,1H3. The first kappa shape index (κ1) is 13.1. The summed E-state index contributed by atoms with van der Waals surface area (Å²) < 4.78 is 0. The lowest BCUT2D eigenvalue weighted by atomic mass is 9.75. The Balaban J connectivity index is 1.86. The second-order valence-electron chi connectivity index (χ2n) is 5.72. The lowest BCUT2D eigenvalue weighted by molar-refractivity contribution is 0.120. The van der Waals surface area contributed by atoms with Crippen molar-refractivity contribution in [2.24, 2.45) is 5.41 Å². The van der Waals surface area contributed by atoms with Gasteiger partial charge in [0.1, 0.15) is 0 Å². The Morgan fingerprint density at radius 2 is 1.89 bits per heavy atom. The van der Waals surface area contributed by atoms with E-state index in [1.54, 1.807) is 0 Å². The first-order valence-corrected chi connectivity index (χ1v) is 6.85. The molecule has 0 bridgehead atoms. The third-order valence-electron chi connectivity index (χ3n) is 4.08. The van der Waals surface area contributed by atoms with Crippen LogP contribution in [0.3, 0.4) is 0 Å². The molecule has 0 amide bonds. The van der Waals surface area contributed by atoms with Gasteiger partial charge in [0, 0.05) is 13.0 Å². The van der Waals surface area contributed by atoms with Crippen molar-refractivity contribution >= 4 is 0 Å². The van der Waals surface area contributed by atoms with Crippen molar-refractivity contribution in [3.63, 3.8) is 0 Å². The maximum atomic E-state index is 8.62. The zero-order valence-corrected chi connectivity index (χ0v) is 11.2. The fourth-order valence-corrected chi connectivity index (χ4v) is 2.79. The summed E-state index contributed by atoms with van der Waals surface area (Å²) in [6.45, 7) is 5.63. The average molecular weight is 242 g/mol. The summed E-state index contributed by atoms with van der Waals surface area (Å²) in [5.74, 6) is 0. The van der Waals surface area contributed by atoms with Crippen molar-refractivity contribution in [3.05, 3.63) is 35.9 Å². The van der Waals surface area contributed by atoms with Gasteiger partial charge in [-0.2, -0.15) is 5.26 Å². The van der Waals surface area contributed by atoms with Gasteiger partial charge in [-0.05, 0) is 43.3 Å². The van der Waals surface area contributed by atoms with Crippen LogP contribution in [0.4, 0.5) is 0 Å². The van der Waals surface area contributed by atoms with Gasteiger partial charge in [-0.15, -0.1) is 0 Å². The van der Waals surface area contributed by atoms with E-state index in [2.05, 4.69) is 48.2 Å². The summed E-state index contributed by atoms with van der Waals surface area (Å²) in [5.41, 5.74) is 1.88. The van der Waals surface area contributed by atoms with Crippen LogP contribution in [0, 0.1) is 16.7 Å². The third-order valence-corrected chi connectivity index (χ3v) is 4.08. The predicted octanol–water partition coefficient (Wildman–Crippen LogP) is 3.24. The molecule has 0 spiro atoms. The SMILES string of the molecule is CC1(Cc2ccccc2)CCN(CCC#N)CC1. The molecule has 2 heteroatoms. The molecule has 1 saturated heterocycles. The Morgan fingerprint density at radius 3 is 2.50 bits per heavy atom. The Bertz CT molecular complexity index is 397. The quantitative estimate of drug-likeness (QED) is 0.810. The summed E-state index contributed by atoms with van der Waals surface area (Å²) in [7, 11) is 0. The summed E-state index contributed by atoms with van der Waals surface area (Å²) in [4.78, 5) is 2.43. The number of piperidine rings is 1. The van der Waals surface area contributed by atoms with Crippen molar-refractivity contribution in [2.75, 3.05) is 19.6 Å². The maximum Gasteiger partial charge on any atom is 0.0635 e. The number of hydrogen-bond acceptors (Lipinski definition) is 2. The molecule has 2 nitrogen and oxygen atoms in total. The fourth-order valence-electron chi connectivity index (χ4n) is 2.79. The van der Waals surface area contributed by atoms with Gasteiger partial charge >= 0.3 is 0 Å². The second kappa shape index (κ2) is 6.02. The Labute approximate surface area is 110 Å². The molecule has 0 radical (unpaired) electrons. The summed E-state index contributed by atoms with van der Waals surface area (Å²) in [5, 5.41) is 8.62. The molecule has 0 atom stereocenters. The largest absolute Gasteiger partial charge is 0.302 e. The van der Waals surface area contributed by atoms with Crippen LogP contribution in [0.25, 0.3) is 0 Å². The van der Waals surface area contributed by atoms with Crippen LogP contribution in [-0.4, -0.2) is 24.5 Å². The van der Waals surface area contributed by atoms with Crippen LogP contribution in [0.5, 0.6) is 0 Å². The number of rotatable bonds is 4. The van der Waals surface area contributed by atoms with Crippen LogP contribution in [0.2, 0.25) is 0 Å². The molecule has 1 heterocycles. The van der Waals surface area contributed by atoms with Crippen LogP contribution >= 0.6 is 0 Å². The number of hydrogen-bond donors (Lipinski definition) is 0. The van der Waals surface area contributed by atoms with Crippen molar-refractivity contribution in [2.45, 2.75) is 32.6 Å². The van der Waals surface area contributed by atoms with Gasteiger partial charge in [0.25, 0.3) is 0 Å². The minimum absolute atomic E-state index is 0.435. The molecular weight excluding hydrogens is 220 g/mol. The molecule has 0 saturated carbocycles. The Morgan fingerprint density at radius 1 is 1.22 bits per heavy atom. The normalized spacial score (nSPS) is 19.3. The van der Waals surface area contributed by atoms with E-state index in [1.165, 1.54) is 24.8 Å². The monoisotopic (exact) mass is 242 g/mol. The van der Waals surface area contributed by atoms with Crippen molar-refractivity contribution < 1.29 is 0 Å². The van der Waals surface area contributed by atoms with E-state index in [4.69, 9.17) is 5.26 Å². The van der Waals surface area contributed by atoms with Crippen molar-refractivity contribution in [1.82, 2.24) is 4.90 Å². The molecule has 96 valence electrons. The maximum absolute atomic E-state index is 8.62. The van der Waals surface area contributed by atoms with Crippen LogP contribution in [-0.2, 0) is 6.42 Å². The van der Waals surface area contributed by atoms with Crippen molar-refractivity contribution in [1.29, 1.82) is 5.26 Å². The van der Waals surface area contributed by atoms with Crippen LogP contribution in [0.1, 0.15) is 31.7 Å². The Hall–Kier alpha value is -1.33. The average Bonchev–Trinajstić information content (AvgIpc) is 2.39. The topological polar surface area (TPSA) is 27.0 Å². The predicted molar refractivity (Wildman–Crippen MR) is 74.2 cm³/mol. The smallest absolute Gasteiger partial charge is 0.0635 e. The highest BCUT2D eigenvalue weighted by molar-refractivity contribution is 5.16. The van der Waals surface area contributed by atoms with E-state index in [0.717, 1.165) is 19.6 Å². The lowest BCUT2D eigenvalue weighted by Gasteiger charge is -2.39. The molecule has 1 aliphatic rings. The Kier molecular flexibility index (Phi) is 4.38. The van der Waals surface area contributed by atoms with Gasteiger partial charge in [-0.25, -0.2) is 0 Å². The van der Waals surface area contributed by atoms with Gasteiger partial charge in [0.15, 0.2) is 0 Å². The van der Waals surface area contributed by atoms with E-state index in [1.807, 2.05) is 0 Å². The van der Waals surface area contributed by atoms with E-state index >= 15 is 0 Å². The van der Waals surface area contributed by atoms with Gasteiger partial charge in [0.2, 0.25) is 0 Å². The number of benzene rings is 1. The second-order valence-corrected chi connectivity index (χ2v) is 5.72. The first-order chi connectivity index (χ1) is 8.72. The van der Waals surface area contributed by atoms with Gasteiger partial charge in [-0.3, -0.25) is 0 Å². The van der Waals surface area contributed by atoms with E-state index in [-0.39, 0.29) is 0 Å². The molecule has 0 aliphatic carbocycles. The van der Waals surface area contributed by atoms with E-state index < -0.39 is 0 Å². The van der Waals surface area contributed by atoms with Gasteiger partial charge < -0.3 is 4.90 Å². The first-order valence-electron chi connectivity index (χ1n) is 6.85. The number of nitrogens with zero attached hydrogens (tertiary/aromatic N) is 2. The molecule has 1 aromatic carbocycles. The molecule has 1 aliphatic heterocycles. The molecule has 0 aromatic heterocycles. The zero-order valence-electron chi connectivity index (χ0n) is 11.2. The number of nitriles is 1. The fraction of sp³-hybridized carbons (Fsp3) is 0.562. The zero-order chi connectivity index (χ0) is 12.8. The minimum Gasteiger partial charge on any atom is -0.302 e. The third kappa shape index (κ3) is 3.58. The summed E-state index contributed by atoms with van der Waals surface area (Å²) >= 11 is 0. The molecule has 1 aromatic rings. The summed E-state index contributed by atoms with van der Waals surface area (Å²) in [6, 6.07) is 13.0. The molecule has 1 fully saturated rings. The van der Waals surface area contributed by atoms with Crippen molar-refractivity contribution in [3.8, 4) is 6.07 Å². The molecular formula is C16H22N2. The lowest BCUT2D eigenvalue weighted by Crippen LogP contribution is -2.40. The van der Waals surface area contributed by atoms with E-state index in [0.29, 0.717) is 11.8 Å². The van der Waals surface area contributed by atoms with E-state index in [9.17, 15) is 0 Å².